The Bertz CT molecular complexity index is 660. The molecule has 1 aliphatic rings. The lowest BCUT2D eigenvalue weighted by Crippen LogP contribution is -2.47. The molecule has 1 heterocycles. The maximum absolute atomic E-state index is 12.7. The van der Waals surface area contributed by atoms with Gasteiger partial charge >= 0.3 is 0 Å². The van der Waals surface area contributed by atoms with Gasteiger partial charge in [0, 0.05) is 18.3 Å². The summed E-state index contributed by atoms with van der Waals surface area (Å²) in [6.07, 6.45) is 0.509. The third-order valence-electron chi connectivity index (χ3n) is 4.14. The number of amides is 1. The lowest BCUT2D eigenvalue weighted by atomic mass is 10.1. The van der Waals surface area contributed by atoms with Crippen LogP contribution in [0.2, 0.25) is 0 Å². The Labute approximate surface area is 137 Å². The van der Waals surface area contributed by atoms with E-state index in [0.29, 0.717) is 13.0 Å². The number of carbonyl (C=O) groups is 1. The van der Waals surface area contributed by atoms with Crippen molar-refractivity contribution >= 4 is 21.4 Å². The van der Waals surface area contributed by atoms with Crippen LogP contribution in [0, 0.1) is 0 Å². The number of anilines is 1. The molecule has 0 aliphatic carbocycles. The fraction of sp³-hybridized carbons (Fsp3) is 0.562. The van der Waals surface area contributed by atoms with Crippen LogP contribution in [0.1, 0.15) is 25.8 Å². The molecule has 1 fully saturated rings. The molecule has 0 aromatic heterocycles. The van der Waals surface area contributed by atoms with Crippen LogP contribution in [0.15, 0.2) is 24.3 Å². The molecule has 1 saturated heterocycles. The summed E-state index contributed by atoms with van der Waals surface area (Å²) in [5.41, 5.74) is 1.52. The summed E-state index contributed by atoms with van der Waals surface area (Å²) in [4.78, 5) is 14.3. The summed E-state index contributed by atoms with van der Waals surface area (Å²) in [5, 5.41) is 12.3. The van der Waals surface area contributed by atoms with Gasteiger partial charge in [-0.2, -0.15) is 0 Å². The van der Waals surface area contributed by atoms with E-state index in [9.17, 15) is 13.2 Å². The largest absolute Gasteiger partial charge is 0.392 e. The highest BCUT2D eigenvalue weighted by molar-refractivity contribution is 7.91. The predicted octanol–water partition coefficient (Wildman–Crippen LogP) is 1.01. The van der Waals surface area contributed by atoms with Gasteiger partial charge in [-0.3, -0.25) is 4.79 Å². The molecule has 0 bridgehead atoms. The monoisotopic (exact) mass is 340 g/mol. The first-order chi connectivity index (χ1) is 10.9. The lowest BCUT2D eigenvalue weighted by Gasteiger charge is -2.30. The highest BCUT2D eigenvalue weighted by Crippen LogP contribution is 2.19. The Balaban J connectivity index is 2.05. The number of aliphatic hydroxyl groups is 1. The molecule has 1 aromatic rings. The molecule has 0 spiro atoms. The molecular weight excluding hydrogens is 316 g/mol. The van der Waals surface area contributed by atoms with Gasteiger partial charge in [0.1, 0.15) is 6.04 Å². The van der Waals surface area contributed by atoms with Crippen LogP contribution in [0.5, 0.6) is 0 Å². The maximum atomic E-state index is 12.7. The van der Waals surface area contributed by atoms with Gasteiger partial charge in [0.2, 0.25) is 5.91 Å². The van der Waals surface area contributed by atoms with Gasteiger partial charge < -0.3 is 15.3 Å². The van der Waals surface area contributed by atoms with Crippen LogP contribution < -0.4 is 5.32 Å². The van der Waals surface area contributed by atoms with E-state index in [1.54, 1.807) is 24.0 Å². The molecular formula is C16H24N2O4S. The van der Waals surface area contributed by atoms with Gasteiger partial charge in [-0.05, 0) is 38.0 Å². The number of benzene rings is 1. The van der Waals surface area contributed by atoms with Gasteiger partial charge in [-0.25, -0.2) is 8.42 Å². The zero-order valence-corrected chi connectivity index (χ0v) is 14.3. The highest BCUT2D eigenvalue weighted by atomic mass is 32.2. The van der Waals surface area contributed by atoms with Crippen molar-refractivity contribution in [3.8, 4) is 0 Å². The molecule has 2 unspecified atom stereocenters. The predicted molar refractivity (Wildman–Crippen MR) is 89.9 cm³/mol. The second-order valence-corrected chi connectivity index (χ2v) is 8.13. The SMILES string of the molecule is CCN(C(=O)C(C)Nc1cccc(CO)c1)C1CCS(=O)(=O)C1. The minimum atomic E-state index is -3.02. The van der Waals surface area contributed by atoms with Crippen LogP contribution >= 0.6 is 0 Å². The molecule has 1 amide bonds. The van der Waals surface area contributed by atoms with Crippen LogP contribution in [0.25, 0.3) is 0 Å². The molecule has 2 rings (SSSR count). The number of rotatable bonds is 6. The van der Waals surface area contributed by atoms with Crippen LogP contribution in [-0.4, -0.2) is 54.5 Å². The van der Waals surface area contributed by atoms with E-state index in [-0.39, 0.29) is 30.1 Å². The van der Waals surface area contributed by atoms with E-state index >= 15 is 0 Å². The van der Waals surface area contributed by atoms with Gasteiger partial charge in [0.05, 0.1) is 18.1 Å². The summed E-state index contributed by atoms with van der Waals surface area (Å²) < 4.78 is 23.3. The summed E-state index contributed by atoms with van der Waals surface area (Å²) >= 11 is 0. The normalized spacial score (nSPS) is 20.9. The Hall–Kier alpha value is -1.60. The van der Waals surface area contributed by atoms with Crippen molar-refractivity contribution in [2.75, 3.05) is 23.4 Å². The number of sulfone groups is 1. The third kappa shape index (κ3) is 4.45. The number of hydrogen-bond donors (Lipinski definition) is 2. The van der Waals surface area contributed by atoms with Gasteiger partial charge in [-0.1, -0.05) is 12.1 Å². The second-order valence-electron chi connectivity index (χ2n) is 5.91. The molecule has 2 N–H and O–H groups in total. The number of carbonyl (C=O) groups excluding carboxylic acids is 1. The second kappa shape index (κ2) is 7.31. The Morgan fingerprint density at radius 2 is 2.22 bits per heavy atom. The fourth-order valence-corrected chi connectivity index (χ4v) is 4.67. The molecule has 23 heavy (non-hydrogen) atoms. The smallest absolute Gasteiger partial charge is 0.245 e. The Kier molecular flexibility index (Phi) is 5.64. The van der Waals surface area contributed by atoms with Crippen LogP contribution in [0.4, 0.5) is 5.69 Å². The molecule has 6 nitrogen and oxygen atoms in total. The highest BCUT2D eigenvalue weighted by Gasteiger charge is 2.35. The zero-order valence-electron chi connectivity index (χ0n) is 13.5. The van der Waals surface area contributed by atoms with Crippen molar-refractivity contribution in [3.05, 3.63) is 29.8 Å². The molecule has 2 atom stereocenters. The lowest BCUT2D eigenvalue weighted by molar-refractivity contribution is -0.133. The molecule has 1 aliphatic heterocycles. The van der Waals surface area contributed by atoms with E-state index in [0.717, 1.165) is 11.3 Å². The first-order valence-electron chi connectivity index (χ1n) is 7.83. The molecule has 7 heteroatoms. The summed E-state index contributed by atoms with van der Waals surface area (Å²) in [5.74, 6) is 0.102. The molecule has 128 valence electrons. The van der Waals surface area contributed by atoms with Gasteiger partial charge in [-0.15, -0.1) is 0 Å². The third-order valence-corrected chi connectivity index (χ3v) is 5.89. The number of aliphatic hydroxyl groups excluding tert-OH is 1. The molecule has 1 aromatic carbocycles. The topological polar surface area (TPSA) is 86.7 Å². The number of hydrogen-bond acceptors (Lipinski definition) is 5. The van der Waals surface area contributed by atoms with Crippen molar-refractivity contribution < 1.29 is 18.3 Å². The van der Waals surface area contributed by atoms with Gasteiger partial charge in [0.25, 0.3) is 0 Å². The summed E-state index contributed by atoms with van der Waals surface area (Å²) in [7, 11) is -3.02. The van der Waals surface area contributed by atoms with Crippen molar-refractivity contribution in [1.82, 2.24) is 4.90 Å². The Morgan fingerprint density at radius 1 is 1.48 bits per heavy atom. The summed E-state index contributed by atoms with van der Waals surface area (Å²) in [6.45, 7) is 4.06. The van der Waals surface area contributed by atoms with E-state index in [2.05, 4.69) is 5.32 Å². The van der Waals surface area contributed by atoms with Gasteiger partial charge in [0.15, 0.2) is 9.84 Å². The zero-order chi connectivity index (χ0) is 17.0. The van der Waals surface area contributed by atoms with Crippen molar-refractivity contribution in [2.24, 2.45) is 0 Å². The fourth-order valence-electron chi connectivity index (χ4n) is 2.94. The number of likely N-dealkylation sites (N-methyl/N-ethyl adjacent to an activating group) is 1. The average Bonchev–Trinajstić information content (AvgIpc) is 2.88. The minimum Gasteiger partial charge on any atom is -0.392 e. The maximum Gasteiger partial charge on any atom is 0.245 e. The first-order valence-corrected chi connectivity index (χ1v) is 9.65. The molecule has 0 radical (unpaired) electrons. The van der Waals surface area contributed by atoms with Crippen molar-refractivity contribution in [1.29, 1.82) is 0 Å². The van der Waals surface area contributed by atoms with E-state index in [1.165, 1.54) is 0 Å². The average molecular weight is 340 g/mol. The van der Waals surface area contributed by atoms with Crippen molar-refractivity contribution in [3.63, 3.8) is 0 Å². The quantitative estimate of drug-likeness (QED) is 0.807. The van der Waals surface area contributed by atoms with Crippen LogP contribution in [0.3, 0.4) is 0 Å². The number of nitrogens with zero attached hydrogens (tertiary/aromatic N) is 1. The number of nitrogens with one attached hydrogen (secondary N) is 1. The standard InChI is InChI=1S/C16H24N2O4S/c1-3-18(15-7-8-23(21,22)11-15)16(20)12(2)17-14-6-4-5-13(9-14)10-19/h4-6,9,12,15,17,19H,3,7-8,10-11H2,1-2H3. The van der Waals surface area contributed by atoms with E-state index in [4.69, 9.17) is 5.11 Å². The minimum absolute atomic E-state index is 0.0549. The van der Waals surface area contributed by atoms with E-state index < -0.39 is 15.9 Å². The summed E-state index contributed by atoms with van der Waals surface area (Å²) in [6, 6.07) is 6.54. The Morgan fingerprint density at radius 3 is 2.78 bits per heavy atom. The van der Waals surface area contributed by atoms with Crippen molar-refractivity contribution in [2.45, 2.75) is 39.0 Å². The van der Waals surface area contributed by atoms with Crippen LogP contribution in [-0.2, 0) is 21.2 Å². The first kappa shape index (κ1) is 17.7. The van der Waals surface area contributed by atoms with E-state index in [1.807, 2.05) is 19.1 Å². The molecule has 0 saturated carbocycles.